The van der Waals surface area contributed by atoms with Crippen LogP contribution in [0.4, 0.5) is 0 Å². The highest BCUT2D eigenvalue weighted by Gasteiger charge is 2.15. The number of nitrogens with one attached hydrogen (secondary N) is 1. The summed E-state index contributed by atoms with van der Waals surface area (Å²) in [6, 6.07) is 0. The standard InChI is InChI=1S/C7H10ClNO2/c1-10-6-4-3-5(8)7(9-6)11-2/h3-4,7,9H,1-2H3. The minimum Gasteiger partial charge on any atom is -0.482 e. The monoisotopic (exact) mass is 175 g/mol. The second kappa shape index (κ2) is 3.64. The molecule has 0 aromatic carbocycles. The first kappa shape index (κ1) is 8.43. The fourth-order valence-corrected chi connectivity index (χ4v) is 0.994. The van der Waals surface area contributed by atoms with Gasteiger partial charge in [0.05, 0.1) is 12.1 Å². The van der Waals surface area contributed by atoms with Crippen molar-refractivity contribution in [2.75, 3.05) is 14.2 Å². The highest BCUT2D eigenvalue weighted by Crippen LogP contribution is 2.15. The fraction of sp³-hybridized carbons (Fsp3) is 0.429. The van der Waals surface area contributed by atoms with Crippen LogP contribution in [0.1, 0.15) is 0 Å². The van der Waals surface area contributed by atoms with Gasteiger partial charge in [-0.3, -0.25) is 0 Å². The molecule has 0 bridgehead atoms. The van der Waals surface area contributed by atoms with Gasteiger partial charge in [0.25, 0.3) is 0 Å². The predicted octanol–water partition coefficient (Wildman–Crippen LogP) is 1.17. The molecule has 0 aliphatic carbocycles. The lowest BCUT2D eigenvalue weighted by Crippen LogP contribution is -2.33. The fourth-order valence-electron chi connectivity index (χ4n) is 0.787. The Kier molecular flexibility index (Phi) is 2.79. The van der Waals surface area contributed by atoms with E-state index in [1.54, 1.807) is 26.4 Å². The maximum Gasteiger partial charge on any atom is 0.188 e. The molecule has 11 heavy (non-hydrogen) atoms. The third kappa shape index (κ3) is 1.88. The number of allylic oxidation sites excluding steroid dienone is 2. The lowest BCUT2D eigenvalue weighted by molar-refractivity contribution is 0.0933. The van der Waals surface area contributed by atoms with E-state index in [0.29, 0.717) is 10.9 Å². The summed E-state index contributed by atoms with van der Waals surface area (Å²) in [5.74, 6) is 0.654. The van der Waals surface area contributed by atoms with Crippen LogP contribution in [-0.4, -0.2) is 20.4 Å². The molecular weight excluding hydrogens is 166 g/mol. The van der Waals surface area contributed by atoms with Gasteiger partial charge in [0.15, 0.2) is 12.1 Å². The molecule has 1 N–H and O–H groups in total. The van der Waals surface area contributed by atoms with Crippen LogP contribution in [0.3, 0.4) is 0 Å². The molecule has 1 rings (SSSR count). The van der Waals surface area contributed by atoms with Crippen LogP contribution in [0.15, 0.2) is 23.1 Å². The van der Waals surface area contributed by atoms with E-state index in [0.717, 1.165) is 0 Å². The van der Waals surface area contributed by atoms with E-state index in [9.17, 15) is 0 Å². The molecule has 1 heterocycles. The van der Waals surface area contributed by atoms with Crippen LogP contribution in [-0.2, 0) is 9.47 Å². The Morgan fingerprint density at radius 3 is 2.73 bits per heavy atom. The smallest absolute Gasteiger partial charge is 0.188 e. The molecule has 1 aliphatic heterocycles. The average molecular weight is 176 g/mol. The summed E-state index contributed by atoms with van der Waals surface area (Å²) in [5, 5.41) is 3.54. The van der Waals surface area contributed by atoms with Crippen LogP contribution in [0.25, 0.3) is 0 Å². The van der Waals surface area contributed by atoms with Crippen molar-refractivity contribution in [2.45, 2.75) is 6.23 Å². The Morgan fingerprint density at radius 2 is 2.18 bits per heavy atom. The van der Waals surface area contributed by atoms with Crippen molar-refractivity contribution in [3.05, 3.63) is 23.1 Å². The van der Waals surface area contributed by atoms with Crippen molar-refractivity contribution in [3.8, 4) is 0 Å². The van der Waals surface area contributed by atoms with Gasteiger partial charge >= 0.3 is 0 Å². The van der Waals surface area contributed by atoms with Crippen molar-refractivity contribution in [2.24, 2.45) is 0 Å². The van der Waals surface area contributed by atoms with E-state index in [1.165, 1.54) is 0 Å². The first-order chi connectivity index (χ1) is 5.27. The van der Waals surface area contributed by atoms with Crippen LogP contribution in [0.2, 0.25) is 0 Å². The zero-order chi connectivity index (χ0) is 8.27. The van der Waals surface area contributed by atoms with Crippen molar-refractivity contribution in [1.29, 1.82) is 0 Å². The molecule has 3 nitrogen and oxygen atoms in total. The highest BCUT2D eigenvalue weighted by atomic mass is 35.5. The number of dihydropyridines is 1. The molecule has 0 aromatic rings. The number of hydrogen-bond acceptors (Lipinski definition) is 3. The molecular formula is C7H10ClNO2. The highest BCUT2D eigenvalue weighted by molar-refractivity contribution is 6.30. The molecule has 4 heteroatoms. The second-order valence-electron chi connectivity index (χ2n) is 2.05. The molecule has 0 aromatic heterocycles. The van der Waals surface area contributed by atoms with Gasteiger partial charge in [-0.05, 0) is 12.2 Å². The number of rotatable bonds is 2. The van der Waals surface area contributed by atoms with E-state index in [2.05, 4.69) is 5.32 Å². The Labute approximate surface area is 70.6 Å². The number of methoxy groups -OCH3 is 2. The lowest BCUT2D eigenvalue weighted by Gasteiger charge is -2.21. The third-order valence-corrected chi connectivity index (χ3v) is 1.70. The van der Waals surface area contributed by atoms with Crippen molar-refractivity contribution < 1.29 is 9.47 Å². The van der Waals surface area contributed by atoms with Gasteiger partial charge in [-0.15, -0.1) is 0 Å². The third-order valence-electron chi connectivity index (χ3n) is 1.37. The van der Waals surface area contributed by atoms with Crippen LogP contribution in [0, 0.1) is 0 Å². The minimum absolute atomic E-state index is 0.281. The molecule has 1 unspecified atom stereocenters. The summed E-state index contributed by atoms with van der Waals surface area (Å²) >= 11 is 5.78. The SMILES string of the molecule is COC1=CC=C(Cl)C(OC)N1. The summed E-state index contributed by atoms with van der Waals surface area (Å²) in [4.78, 5) is 0. The van der Waals surface area contributed by atoms with Gasteiger partial charge in [-0.1, -0.05) is 11.6 Å². The summed E-state index contributed by atoms with van der Waals surface area (Å²) in [5.41, 5.74) is 0. The maximum absolute atomic E-state index is 5.78. The van der Waals surface area contributed by atoms with E-state index in [1.807, 2.05) is 0 Å². The molecule has 0 saturated carbocycles. The molecule has 1 aliphatic rings. The van der Waals surface area contributed by atoms with Crippen molar-refractivity contribution in [3.63, 3.8) is 0 Å². The number of hydrogen-bond donors (Lipinski definition) is 1. The first-order valence-electron chi connectivity index (χ1n) is 3.18. The number of halogens is 1. The average Bonchev–Trinajstić information content (AvgIpc) is 2.05. The summed E-state index contributed by atoms with van der Waals surface area (Å²) < 4.78 is 9.94. The second-order valence-corrected chi connectivity index (χ2v) is 2.48. The molecule has 0 spiro atoms. The molecule has 0 fully saturated rings. The summed E-state index contributed by atoms with van der Waals surface area (Å²) in [6.07, 6.45) is 3.21. The molecule has 0 amide bonds. The molecule has 62 valence electrons. The van der Waals surface area contributed by atoms with Gasteiger partial charge in [-0.25, -0.2) is 0 Å². The zero-order valence-electron chi connectivity index (χ0n) is 6.43. The quantitative estimate of drug-likeness (QED) is 0.684. The van der Waals surface area contributed by atoms with E-state index in [4.69, 9.17) is 21.1 Å². The van der Waals surface area contributed by atoms with E-state index in [-0.39, 0.29) is 6.23 Å². The van der Waals surface area contributed by atoms with Crippen molar-refractivity contribution >= 4 is 11.6 Å². The molecule has 1 atom stereocenters. The van der Waals surface area contributed by atoms with Gasteiger partial charge in [-0.2, -0.15) is 0 Å². The Morgan fingerprint density at radius 1 is 1.45 bits per heavy atom. The van der Waals surface area contributed by atoms with Gasteiger partial charge < -0.3 is 14.8 Å². The maximum atomic E-state index is 5.78. The van der Waals surface area contributed by atoms with Gasteiger partial charge in [0.2, 0.25) is 0 Å². The van der Waals surface area contributed by atoms with Gasteiger partial charge in [0, 0.05) is 7.11 Å². The van der Waals surface area contributed by atoms with Crippen LogP contribution < -0.4 is 5.32 Å². The van der Waals surface area contributed by atoms with Gasteiger partial charge in [0.1, 0.15) is 0 Å². The normalized spacial score (nSPS) is 23.4. The topological polar surface area (TPSA) is 30.5 Å². The van der Waals surface area contributed by atoms with Crippen LogP contribution >= 0.6 is 11.6 Å². The summed E-state index contributed by atoms with van der Waals surface area (Å²) in [7, 11) is 3.16. The largest absolute Gasteiger partial charge is 0.482 e. The Balaban J connectivity index is 2.67. The Bertz CT molecular complexity index is 201. The summed E-state index contributed by atoms with van der Waals surface area (Å²) in [6.45, 7) is 0. The van der Waals surface area contributed by atoms with E-state index < -0.39 is 0 Å². The predicted molar refractivity (Wildman–Crippen MR) is 43.0 cm³/mol. The number of ether oxygens (including phenoxy) is 2. The first-order valence-corrected chi connectivity index (χ1v) is 3.56. The lowest BCUT2D eigenvalue weighted by atomic mass is 10.3. The van der Waals surface area contributed by atoms with Crippen LogP contribution in [0.5, 0.6) is 0 Å². The minimum atomic E-state index is -0.281. The zero-order valence-corrected chi connectivity index (χ0v) is 7.18. The molecule has 0 saturated heterocycles. The van der Waals surface area contributed by atoms with Crippen molar-refractivity contribution in [1.82, 2.24) is 5.32 Å². The molecule has 0 radical (unpaired) electrons. The van der Waals surface area contributed by atoms with E-state index >= 15 is 0 Å². The Hall–Kier alpha value is -0.670.